The topological polar surface area (TPSA) is 101 Å². The molecule has 1 aliphatic carbocycles. The summed E-state index contributed by atoms with van der Waals surface area (Å²) in [5.74, 6) is -2.34. The number of fused-ring (bicyclic) bond motifs is 1. The molecule has 3 fully saturated rings. The fourth-order valence-corrected chi connectivity index (χ4v) is 6.52. The van der Waals surface area contributed by atoms with Gasteiger partial charge in [0, 0.05) is 29.4 Å². The van der Waals surface area contributed by atoms with E-state index in [9.17, 15) is 27.6 Å². The van der Waals surface area contributed by atoms with Gasteiger partial charge >= 0.3 is 6.18 Å². The Morgan fingerprint density at radius 1 is 1.16 bits per heavy atom. The highest BCUT2D eigenvalue weighted by Crippen LogP contribution is 2.35. The van der Waals surface area contributed by atoms with E-state index in [2.05, 4.69) is 15.3 Å². The van der Waals surface area contributed by atoms with E-state index in [1.54, 1.807) is 12.1 Å². The quantitative estimate of drug-likeness (QED) is 0.564. The monoisotopic (exact) mass is 556 g/mol. The molecule has 0 aromatic carbocycles. The average molecular weight is 557 g/mol. The van der Waals surface area contributed by atoms with Gasteiger partial charge in [0.1, 0.15) is 24.8 Å². The molecule has 13 heteroatoms. The summed E-state index contributed by atoms with van der Waals surface area (Å²) in [6.45, 7) is 0.0754. The third kappa shape index (κ3) is 5.23. The molecule has 0 unspecified atom stereocenters. The first-order chi connectivity index (χ1) is 17.6. The molecule has 0 bridgehead atoms. The second kappa shape index (κ2) is 10.3. The molecule has 2 aromatic heterocycles. The van der Waals surface area contributed by atoms with Crippen molar-refractivity contribution < 1.29 is 32.3 Å². The van der Waals surface area contributed by atoms with Crippen molar-refractivity contribution in [2.24, 2.45) is 5.92 Å². The van der Waals surface area contributed by atoms with E-state index in [1.807, 2.05) is 0 Å². The van der Waals surface area contributed by atoms with Gasteiger partial charge in [0.05, 0.1) is 10.3 Å². The van der Waals surface area contributed by atoms with Gasteiger partial charge in [0.15, 0.2) is 5.78 Å². The van der Waals surface area contributed by atoms with Gasteiger partial charge in [0.2, 0.25) is 11.7 Å². The molecule has 8 nitrogen and oxygen atoms in total. The number of nitrogens with one attached hydrogen (secondary N) is 1. The number of thiophene rings is 1. The van der Waals surface area contributed by atoms with Crippen molar-refractivity contribution in [1.82, 2.24) is 20.2 Å². The van der Waals surface area contributed by atoms with E-state index in [0.29, 0.717) is 15.3 Å². The first-order valence-electron chi connectivity index (χ1n) is 12.0. The molecular formula is C24H24ClF3N4O4S. The molecule has 0 radical (unpaired) electrons. The molecular weight excluding hydrogens is 533 g/mol. The number of likely N-dealkylation sites (tertiary alicyclic amines) is 1. The Morgan fingerprint density at radius 3 is 2.54 bits per heavy atom. The lowest BCUT2D eigenvalue weighted by molar-refractivity contribution is -0.145. The first-order valence-corrected chi connectivity index (χ1v) is 13.3. The molecule has 1 N–H and O–H groups in total. The second-order valence-electron chi connectivity index (χ2n) is 9.50. The van der Waals surface area contributed by atoms with Crippen molar-refractivity contribution in [3.63, 3.8) is 0 Å². The largest absolute Gasteiger partial charge is 0.451 e. The van der Waals surface area contributed by atoms with Crippen molar-refractivity contribution in [3.8, 4) is 10.4 Å². The Labute approximate surface area is 219 Å². The summed E-state index contributed by atoms with van der Waals surface area (Å²) in [5, 5.41) is 2.38. The SMILES string of the molecule is O=C(N[C@H](C(=O)N1C[C@H](Cl)[C@H]2OCC(=O)[C@H]21)C1CCCCC1)c1ccc(-c2cnc(C(F)(F)F)nc2)s1. The number of rotatable bonds is 5. The van der Waals surface area contributed by atoms with Gasteiger partial charge in [-0.25, -0.2) is 9.97 Å². The normalized spacial score (nSPS) is 25.2. The van der Waals surface area contributed by atoms with E-state index in [-0.39, 0.29) is 30.8 Å². The van der Waals surface area contributed by atoms with Crippen LogP contribution in [0, 0.1) is 5.92 Å². The van der Waals surface area contributed by atoms with Gasteiger partial charge in [-0.1, -0.05) is 19.3 Å². The molecule has 2 amide bonds. The van der Waals surface area contributed by atoms with Crippen molar-refractivity contribution in [1.29, 1.82) is 0 Å². The third-order valence-corrected chi connectivity index (χ3v) is 8.62. The number of halogens is 4. The van der Waals surface area contributed by atoms with Crippen molar-refractivity contribution in [2.75, 3.05) is 13.2 Å². The number of carbonyl (C=O) groups excluding carboxylic acids is 3. The summed E-state index contributed by atoms with van der Waals surface area (Å²) in [7, 11) is 0. The molecule has 4 atom stereocenters. The number of nitrogens with zero attached hydrogens (tertiary/aromatic N) is 3. The number of ether oxygens (including phenoxy) is 1. The Balaban J connectivity index is 1.34. The maximum Gasteiger partial charge on any atom is 0.451 e. The lowest BCUT2D eigenvalue weighted by Gasteiger charge is -2.34. The fraction of sp³-hybridized carbons (Fsp3) is 0.542. The molecule has 37 heavy (non-hydrogen) atoms. The molecule has 2 saturated heterocycles. The molecule has 0 spiro atoms. The Hall–Kier alpha value is -2.57. The van der Waals surface area contributed by atoms with Crippen LogP contribution in [-0.2, 0) is 20.5 Å². The average Bonchev–Trinajstić information content (AvgIpc) is 3.60. The zero-order valence-corrected chi connectivity index (χ0v) is 21.1. The van der Waals surface area contributed by atoms with Crippen molar-refractivity contribution >= 4 is 40.5 Å². The standard InChI is InChI=1S/C24H24ClF3N4O4S/c25-14-10-32(19-15(33)11-36-20(14)19)22(35)18(12-4-2-1-3-5-12)31-21(34)17-7-6-16(37-17)13-8-29-23(30-9-13)24(26,27)28/h6-9,12,14,18-20H,1-5,10-11H2,(H,31,34)/t14-,18-,19+,20+/m0/s1. The predicted molar refractivity (Wildman–Crippen MR) is 128 cm³/mol. The van der Waals surface area contributed by atoms with E-state index >= 15 is 0 Å². The van der Waals surface area contributed by atoms with Crippen LogP contribution in [-0.4, -0.2) is 69.2 Å². The Bertz CT molecular complexity index is 1190. The maximum atomic E-state index is 13.7. The highest BCUT2D eigenvalue weighted by atomic mass is 35.5. The van der Waals surface area contributed by atoms with Gasteiger partial charge in [-0.2, -0.15) is 13.2 Å². The van der Waals surface area contributed by atoms with Crippen LogP contribution in [0.4, 0.5) is 13.2 Å². The molecule has 4 heterocycles. The summed E-state index contributed by atoms with van der Waals surface area (Å²) in [4.78, 5) is 48.4. The third-order valence-electron chi connectivity index (χ3n) is 7.10. The molecule has 5 rings (SSSR count). The smallest absolute Gasteiger partial charge is 0.366 e. The van der Waals surface area contributed by atoms with E-state index < -0.39 is 41.5 Å². The predicted octanol–water partition coefficient (Wildman–Crippen LogP) is 3.69. The van der Waals surface area contributed by atoms with Gasteiger partial charge in [-0.05, 0) is 30.9 Å². The summed E-state index contributed by atoms with van der Waals surface area (Å²) in [5.41, 5.74) is 0.341. The number of amides is 2. The minimum atomic E-state index is -4.65. The highest BCUT2D eigenvalue weighted by molar-refractivity contribution is 7.17. The van der Waals surface area contributed by atoms with Crippen molar-refractivity contribution in [3.05, 3.63) is 35.2 Å². The van der Waals surface area contributed by atoms with Crippen LogP contribution in [0.3, 0.4) is 0 Å². The van der Waals surface area contributed by atoms with Gasteiger partial charge in [-0.15, -0.1) is 22.9 Å². The number of ketones is 1. The highest BCUT2D eigenvalue weighted by Gasteiger charge is 2.53. The zero-order chi connectivity index (χ0) is 26.3. The van der Waals surface area contributed by atoms with Crippen LogP contribution in [0.2, 0.25) is 0 Å². The lowest BCUT2D eigenvalue weighted by atomic mass is 9.83. The van der Waals surface area contributed by atoms with Crippen molar-refractivity contribution in [2.45, 2.75) is 61.8 Å². The summed E-state index contributed by atoms with van der Waals surface area (Å²) in [6, 6.07) is 1.57. The Morgan fingerprint density at radius 2 is 1.86 bits per heavy atom. The maximum absolute atomic E-state index is 13.7. The number of Topliss-reactive ketones (excluding diaryl/α,β-unsaturated/α-hetero) is 1. The first kappa shape index (κ1) is 26.1. The molecule has 198 valence electrons. The zero-order valence-electron chi connectivity index (χ0n) is 19.5. The number of aromatic nitrogens is 2. The van der Waals surface area contributed by atoms with E-state index in [1.165, 1.54) is 4.90 Å². The number of carbonyl (C=O) groups is 3. The van der Waals surface area contributed by atoms with Crippen LogP contribution in [0.1, 0.15) is 47.6 Å². The number of hydrogen-bond acceptors (Lipinski definition) is 7. The van der Waals surface area contributed by atoms with Crippen LogP contribution >= 0.6 is 22.9 Å². The van der Waals surface area contributed by atoms with Gasteiger partial charge < -0.3 is 15.0 Å². The second-order valence-corrected chi connectivity index (χ2v) is 11.1. The summed E-state index contributed by atoms with van der Waals surface area (Å²) < 4.78 is 43.8. The molecule has 2 aromatic rings. The molecule has 3 aliphatic rings. The minimum Gasteiger partial charge on any atom is -0.366 e. The van der Waals surface area contributed by atoms with Gasteiger partial charge in [0.25, 0.3) is 5.91 Å². The van der Waals surface area contributed by atoms with E-state index in [4.69, 9.17) is 16.3 Å². The number of hydrogen-bond donors (Lipinski definition) is 1. The van der Waals surface area contributed by atoms with Crippen LogP contribution < -0.4 is 5.32 Å². The lowest BCUT2D eigenvalue weighted by Crippen LogP contribution is -2.55. The van der Waals surface area contributed by atoms with E-state index in [0.717, 1.165) is 55.8 Å². The molecule has 1 saturated carbocycles. The summed E-state index contributed by atoms with van der Waals surface area (Å²) >= 11 is 7.44. The fourth-order valence-electron chi connectivity index (χ4n) is 5.28. The number of alkyl halides is 4. The van der Waals surface area contributed by atoms with Gasteiger partial charge in [-0.3, -0.25) is 14.4 Å². The summed E-state index contributed by atoms with van der Waals surface area (Å²) in [6.07, 6.45) is 1.40. The Kier molecular flexibility index (Phi) is 7.25. The van der Waals surface area contributed by atoms with Crippen LogP contribution in [0.25, 0.3) is 10.4 Å². The van der Waals surface area contributed by atoms with Crippen LogP contribution in [0.15, 0.2) is 24.5 Å². The molecule has 2 aliphatic heterocycles. The van der Waals surface area contributed by atoms with Crippen LogP contribution in [0.5, 0.6) is 0 Å². The minimum absolute atomic E-state index is 0.0850.